The number of anilines is 1. The lowest BCUT2D eigenvalue weighted by Crippen LogP contribution is -2.23. The van der Waals surface area contributed by atoms with E-state index in [9.17, 15) is 9.18 Å². The van der Waals surface area contributed by atoms with Gasteiger partial charge in [-0.3, -0.25) is 4.79 Å². The predicted molar refractivity (Wildman–Crippen MR) is 104 cm³/mol. The third-order valence-electron chi connectivity index (χ3n) is 3.90. The molecule has 0 saturated heterocycles. The maximum absolute atomic E-state index is 13.0. The van der Waals surface area contributed by atoms with E-state index in [1.165, 1.54) is 12.1 Å². The molecule has 0 spiro atoms. The highest BCUT2D eigenvalue weighted by Crippen LogP contribution is 2.33. The summed E-state index contributed by atoms with van der Waals surface area (Å²) >= 11 is 3.53. The molecule has 0 aliphatic heterocycles. The van der Waals surface area contributed by atoms with Gasteiger partial charge in [-0.15, -0.1) is 0 Å². The van der Waals surface area contributed by atoms with Crippen molar-refractivity contribution >= 4 is 24.4 Å². The number of nitrogens with two attached hydrogens (primary N) is 1. The van der Waals surface area contributed by atoms with Gasteiger partial charge in [0.2, 0.25) is 5.95 Å². The van der Waals surface area contributed by atoms with Gasteiger partial charge in [-0.25, -0.2) is 14.4 Å². The molecule has 6 heteroatoms. The highest BCUT2D eigenvalue weighted by atomic mass is 32.1. The number of nitrogens with zero attached hydrogens (tertiary/aromatic N) is 2. The topological polar surface area (TPSA) is 68.9 Å². The second kappa shape index (κ2) is 10.1. The van der Waals surface area contributed by atoms with E-state index in [-0.39, 0.29) is 23.5 Å². The van der Waals surface area contributed by atoms with Gasteiger partial charge in [0.1, 0.15) is 5.82 Å². The fourth-order valence-electron chi connectivity index (χ4n) is 2.91. The Morgan fingerprint density at radius 3 is 2.32 bits per heavy atom. The number of carbonyl (C=O) groups excluding carboxylic acids is 1. The van der Waals surface area contributed by atoms with Gasteiger partial charge >= 0.3 is 0 Å². The minimum atomic E-state index is -0.277. The Morgan fingerprint density at radius 1 is 1.16 bits per heavy atom. The lowest BCUT2D eigenvalue weighted by atomic mass is 9.81. The molecule has 2 N–H and O–H groups in total. The maximum atomic E-state index is 13.0. The number of carbonyl (C=O) groups is 1. The fraction of sp³-hybridized carbons (Fsp3) is 0.421. The molecule has 4 nitrogen and oxygen atoms in total. The van der Waals surface area contributed by atoms with Crippen molar-refractivity contribution in [2.45, 2.75) is 46.0 Å². The Morgan fingerprint density at radius 2 is 1.76 bits per heavy atom. The van der Waals surface area contributed by atoms with Crippen molar-refractivity contribution in [3.8, 4) is 0 Å². The normalized spacial score (nSPS) is 15.3. The molecule has 1 aromatic carbocycles. The molecule has 3 rings (SSSR count). The molecule has 1 unspecified atom stereocenters. The molecule has 1 atom stereocenters. The van der Waals surface area contributed by atoms with Gasteiger partial charge in [-0.2, -0.15) is 12.6 Å². The van der Waals surface area contributed by atoms with E-state index in [4.69, 9.17) is 5.73 Å². The first-order chi connectivity index (χ1) is 12.1. The SMILES string of the molecule is CC.CCc1nc(N)nc2c1C(=O)CC(c1ccc(F)cc1)C2.CS. The Kier molecular flexibility index (Phi) is 8.55. The van der Waals surface area contributed by atoms with Crippen LogP contribution in [0.2, 0.25) is 0 Å². The molecule has 1 aliphatic rings. The van der Waals surface area contributed by atoms with Crippen LogP contribution in [0.4, 0.5) is 10.3 Å². The number of benzene rings is 1. The highest BCUT2D eigenvalue weighted by Gasteiger charge is 2.30. The average Bonchev–Trinajstić information content (AvgIpc) is 2.64. The van der Waals surface area contributed by atoms with Gasteiger partial charge in [0.15, 0.2) is 5.78 Å². The second-order valence-electron chi connectivity index (χ2n) is 5.28. The van der Waals surface area contributed by atoms with Gasteiger partial charge in [-0.1, -0.05) is 32.9 Å². The zero-order valence-electron chi connectivity index (χ0n) is 15.2. The van der Waals surface area contributed by atoms with Gasteiger partial charge in [0, 0.05) is 6.42 Å². The van der Waals surface area contributed by atoms with E-state index in [1.807, 2.05) is 20.8 Å². The van der Waals surface area contributed by atoms with E-state index < -0.39 is 0 Å². The largest absolute Gasteiger partial charge is 0.368 e. The predicted octanol–water partition coefficient (Wildman–Crippen LogP) is 4.25. The Balaban J connectivity index is 0.000000730. The van der Waals surface area contributed by atoms with E-state index >= 15 is 0 Å². The Labute approximate surface area is 154 Å². The van der Waals surface area contributed by atoms with Gasteiger partial charge in [0.05, 0.1) is 17.0 Å². The van der Waals surface area contributed by atoms with Crippen LogP contribution in [0.15, 0.2) is 24.3 Å². The summed E-state index contributed by atoms with van der Waals surface area (Å²) in [6, 6.07) is 6.29. The van der Waals surface area contributed by atoms with Gasteiger partial charge < -0.3 is 5.73 Å². The number of thiol groups is 1. The first-order valence-electron chi connectivity index (χ1n) is 8.47. The Bertz CT molecular complexity index is 705. The number of aromatic nitrogens is 2. The number of aryl methyl sites for hydroxylation is 1. The lowest BCUT2D eigenvalue weighted by molar-refractivity contribution is 0.0961. The molecule has 1 heterocycles. The summed E-state index contributed by atoms with van der Waals surface area (Å²) in [7, 11) is 0. The molecular formula is C19H26FN3OS. The van der Waals surface area contributed by atoms with Crippen molar-refractivity contribution in [1.82, 2.24) is 9.97 Å². The van der Waals surface area contributed by atoms with Crippen molar-refractivity contribution < 1.29 is 9.18 Å². The Hall–Kier alpha value is -1.95. The van der Waals surface area contributed by atoms with Crippen molar-refractivity contribution in [2.24, 2.45) is 0 Å². The quantitative estimate of drug-likeness (QED) is 0.783. The number of hydrogen-bond acceptors (Lipinski definition) is 5. The zero-order valence-corrected chi connectivity index (χ0v) is 16.1. The van der Waals surface area contributed by atoms with Crippen molar-refractivity contribution in [3.05, 3.63) is 52.6 Å². The third-order valence-corrected chi connectivity index (χ3v) is 3.90. The number of fused-ring (bicyclic) bond motifs is 1. The molecule has 0 fully saturated rings. The molecule has 1 aromatic heterocycles. The van der Waals surface area contributed by atoms with Gasteiger partial charge in [-0.05, 0) is 42.7 Å². The summed E-state index contributed by atoms with van der Waals surface area (Å²) in [4.78, 5) is 20.8. The average molecular weight is 364 g/mol. The van der Waals surface area contributed by atoms with E-state index in [2.05, 4.69) is 22.6 Å². The van der Waals surface area contributed by atoms with Crippen molar-refractivity contribution in [3.63, 3.8) is 0 Å². The van der Waals surface area contributed by atoms with Gasteiger partial charge in [0.25, 0.3) is 0 Å². The summed E-state index contributed by atoms with van der Waals surface area (Å²) in [5, 5.41) is 0. The molecule has 0 amide bonds. The highest BCUT2D eigenvalue weighted by molar-refractivity contribution is 7.79. The number of nitrogen functional groups attached to an aromatic ring is 1. The zero-order chi connectivity index (χ0) is 19.0. The molecule has 136 valence electrons. The van der Waals surface area contributed by atoms with E-state index in [1.54, 1.807) is 18.4 Å². The van der Waals surface area contributed by atoms with Crippen LogP contribution >= 0.6 is 12.6 Å². The molecular weight excluding hydrogens is 337 g/mol. The second-order valence-corrected chi connectivity index (χ2v) is 5.28. The summed E-state index contributed by atoms with van der Waals surface area (Å²) in [5.41, 5.74) is 8.74. The minimum Gasteiger partial charge on any atom is -0.368 e. The molecule has 0 bridgehead atoms. The number of ketones is 1. The molecule has 25 heavy (non-hydrogen) atoms. The van der Waals surface area contributed by atoms with Crippen molar-refractivity contribution in [1.29, 1.82) is 0 Å². The van der Waals surface area contributed by atoms with Crippen LogP contribution in [-0.2, 0) is 12.8 Å². The maximum Gasteiger partial charge on any atom is 0.220 e. The molecule has 0 saturated carbocycles. The van der Waals surface area contributed by atoms with Crippen LogP contribution in [0, 0.1) is 5.82 Å². The van der Waals surface area contributed by atoms with E-state index in [0.717, 1.165) is 11.3 Å². The number of Topliss-reactive ketones (excluding diaryl/α,β-unsaturated/α-hetero) is 1. The number of halogens is 1. The van der Waals surface area contributed by atoms with Crippen molar-refractivity contribution in [2.75, 3.05) is 12.0 Å². The first-order valence-corrected chi connectivity index (χ1v) is 9.36. The van der Waals surface area contributed by atoms with Crippen LogP contribution in [0.25, 0.3) is 0 Å². The lowest BCUT2D eigenvalue weighted by Gasteiger charge is -2.24. The van der Waals surface area contributed by atoms with Crippen LogP contribution in [0.1, 0.15) is 60.4 Å². The number of hydrogen-bond donors (Lipinski definition) is 2. The smallest absolute Gasteiger partial charge is 0.220 e. The standard InChI is InChI=1S/C16H16FN3O.C2H6.CH4S/c1-2-12-15-13(20-16(18)19-12)7-10(8-14(15)21)9-3-5-11(17)6-4-9;2*1-2/h3-6,10H,2,7-8H2,1H3,(H2,18,19,20);1-2H3;2H,1H3. The summed E-state index contributed by atoms with van der Waals surface area (Å²) < 4.78 is 13.0. The third kappa shape index (κ3) is 5.01. The minimum absolute atomic E-state index is 0.0182. The van der Waals surface area contributed by atoms with E-state index in [0.29, 0.717) is 30.5 Å². The van der Waals surface area contributed by atoms with Crippen LogP contribution < -0.4 is 5.73 Å². The first kappa shape index (κ1) is 21.1. The molecule has 1 aliphatic carbocycles. The monoisotopic (exact) mass is 363 g/mol. The summed E-state index contributed by atoms with van der Waals surface area (Å²) in [5.74, 6) is -0.00804. The van der Waals surface area contributed by atoms with Crippen LogP contribution in [-0.4, -0.2) is 22.0 Å². The van der Waals surface area contributed by atoms with Crippen LogP contribution in [0.5, 0.6) is 0 Å². The fourth-order valence-corrected chi connectivity index (χ4v) is 2.91. The van der Waals surface area contributed by atoms with Crippen LogP contribution in [0.3, 0.4) is 0 Å². The molecule has 2 aromatic rings. The summed E-state index contributed by atoms with van der Waals surface area (Å²) in [6.07, 6.45) is 3.38. The molecule has 0 radical (unpaired) electrons. The number of rotatable bonds is 2. The summed E-state index contributed by atoms with van der Waals surface area (Å²) in [6.45, 7) is 5.95.